The quantitative estimate of drug-likeness (QED) is 0.909. The number of anilines is 1. The maximum Gasteiger partial charge on any atom is 0.262 e. The first-order chi connectivity index (χ1) is 10.8. The molecule has 1 N–H and O–H groups in total. The second-order valence-electron chi connectivity index (χ2n) is 5.38. The molecule has 6 heteroatoms. The van der Waals surface area contributed by atoms with Gasteiger partial charge in [-0.05, 0) is 55.7 Å². The number of aryl methyl sites for hydroxylation is 3. The Morgan fingerprint density at radius 3 is 2.00 bits per heavy atom. The van der Waals surface area contributed by atoms with Crippen LogP contribution < -0.4 is 14.2 Å². The molecule has 0 aromatic heterocycles. The van der Waals surface area contributed by atoms with E-state index in [0.29, 0.717) is 22.7 Å². The predicted molar refractivity (Wildman–Crippen MR) is 91.0 cm³/mol. The van der Waals surface area contributed by atoms with E-state index in [-0.39, 0.29) is 4.90 Å². The van der Waals surface area contributed by atoms with Gasteiger partial charge in [0.25, 0.3) is 10.0 Å². The molecule has 0 fully saturated rings. The number of nitrogens with one attached hydrogen (secondary N) is 1. The Balaban J connectivity index is 2.45. The molecule has 0 unspecified atom stereocenters. The van der Waals surface area contributed by atoms with Crippen LogP contribution in [0, 0.1) is 20.8 Å². The first-order valence-electron chi connectivity index (χ1n) is 7.11. The van der Waals surface area contributed by atoms with E-state index in [1.165, 1.54) is 20.3 Å². The third-order valence-corrected chi connectivity index (χ3v) is 5.25. The fraction of sp³-hybridized carbons (Fsp3) is 0.294. The van der Waals surface area contributed by atoms with E-state index in [1.54, 1.807) is 19.1 Å². The Bertz CT molecular complexity index is 829. The van der Waals surface area contributed by atoms with Gasteiger partial charge in [0, 0.05) is 11.8 Å². The van der Waals surface area contributed by atoms with Crippen molar-refractivity contribution in [3.63, 3.8) is 0 Å². The van der Waals surface area contributed by atoms with Gasteiger partial charge >= 0.3 is 0 Å². The van der Waals surface area contributed by atoms with Crippen molar-refractivity contribution >= 4 is 15.7 Å². The van der Waals surface area contributed by atoms with Gasteiger partial charge in [-0.3, -0.25) is 4.72 Å². The fourth-order valence-corrected chi connectivity index (χ4v) is 3.56. The number of hydrogen-bond donors (Lipinski definition) is 1. The summed E-state index contributed by atoms with van der Waals surface area (Å²) in [5.74, 6) is 0.869. The van der Waals surface area contributed by atoms with E-state index in [1.807, 2.05) is 26.0 Å². The molecular weight excluding hydrogens is 314 g/mol. The minimum absolute atomic E-state index is 0.161. The minimum Gasteiger partial charge on any atom is -0.493 e. The van der Waals surface area contributed by atoms with Crippen molar-refractivity contribution < 1.29 is 17.9 Å². The van der Waals surface area contributed by atoms with Crippen LogP contribution >= 0.6 is 0 Å². The van der Waals surface area contributed by atoms with Gasteiger partial charge in [-0.2, -0.15) is 0 Å². The second kappa shape index (κ2) is 6.50. The summed E-state index contributed by atoms with van der Waals surface area (Å²) in [6.07, 6.45) is 0. The minimum atomic E-state index is -3.72. The van der Waals surface area contributed by atoms with Crippen molar-refractivity contribution in [3.05, 3.63) is 47.0 Å². The molecule has 5 nitrogen and oxygen atoms in total. The Kier molecular flexibility index (Phi) is 4.85. The van der Waals surface area contributed by atoms with Crippen LogP contribution in [0.1, 0.15) is 16.7 Å². The zero-order valence-corrected chi connectivity index (χ0v) is 14.7. The molecule has 0 saturated heterocycles. The fourth-order valence-electron chi connectivity index (χ4n) is 2.27. The molecule has 0 radical (unpaired) electrons. The number of ether oxygens (including phenoxy) is 2. The zero-order chi connectivity index (χ0) is 17.2. The Morgan fingerprint density at radius 2 is 1.43 bits per heavy atom. The van der Waals surface area contributed by atoms with Crippen LogP contribution in [-0.2, 0) is 10.0 Å². The van der Waals surface area contributed by atoms with Crippen LogP contribution in [0.5, 0.6) is 11.5 Å². The molecule has 0 aliphatic heterocycles. The standard InChI is InChI=1S/C17H21NO4S/c1-11-6-7-14(8-12(11)2)18-23(19,20)17-10-16(22-5)15(21-4)9-13(17)3/h6-10,18H,1-5H3. The van der Waals surface area contributed by atoms with Gasteiger partial charge < -0.3 is 9.47 Å². The lowest BCUT2D eigenvalue weighted by molar-refractivity contribution is 0.353. The highest BCUT2D eigenvalue weighted by atomic mass is 32.2. The maximum absolute atomic E-state index is 12.7. The van der Waals surface area contributed by atoms with Gasteiger partial charge in [0.15, 0.2) is 11.5 Å². The van der Waals surface area contributed by atoms with Gasteiger partial charge in [-0.1, -0.05) is 6.07 Å². The lowest BCUT2D eigenvalue weighted by Gasteiger charge is -2.15. The summed E-state index contributed by atoms with van der Waals surface area (Å²) in [5, 5.41) is 0. The monoisotopic (exact) mass is 335 g/mol. The van der Waals surface area contributed by atoms with Crippen molar-refractivity contribution in [2.75, 3.05) is 18.9 Å². The molecule has 124 valence electrons. The number of rotatable bonds is 5. The van der Waals surface area contributed by atoms with E-state index < -0.39 is 10.0 Å². The Labute approximate surface area is 137 Å². The Hall–Kier alpha value is -2.21. The summed E-state index contributed by atoms with van der Waals surface area (Å²) < 4.78 is 38.4. The number of benzene rings is 2. The SMILES string of the molecule is COc1cc(C)c(S(=O)(=O)Nc2ccc(C)c(C)c2)cc1OC. The highest BCUT2D eigenvalue weighted by molar-refractivity contribution is 7.92. The molecule has 0 saturated carbocycles. The first kappa shape index (κ1) is 17.1. The van der Waals surface area contributed by atoms with Crippen molar-refractivity contribution in [1.29, 1.82) is 0 Å². The van der Waals surface area contributed by atoms with Crippen molar-refractivity contribution in [1.82, 2.24) is 0 Å². The number of methoxy groups -OCH3 is 2. The van der Waals surface area contributed by atoms with E-state index in [9.17, 15) is 8.42 Å². The van der Waals surface area contributed by atoms with Crippen LogP contribution in [0.4, 0.5) is 5.69 Å². The summed E-state index contributed by atoms with van der Waals surface area (Å²) in [5.41, 5.74) is 3.24. The van der Waals surface area contributed by atoms with Crippen LogP contribution in [0.25, 0.3) is 0 Å². The highest BCUT2D eigenvalue weighted by Crippen LogP contribution is 2.33. The maximum atomic E-state index is 12.7. The van der Waals surface area contributed by atoms with Crippen LogP contribution in [0.15, 0.2) is 35.2 Å². The summed E-state index contributed by atoms with van der Waals surface area (Å²) in [7, 11) is -0.731. The van der Waals surface area contributed by atoms with Crippen LogP contribution in [-0.4, -0.2) is 22.6 Å². The van der Waals surface area contributed by atoms with E-state index in [0.717, 1.165) is 11.1 Å². The molecule has 2 aromatic carbocycles. The zero-order valence-electron chi connectivity index (χ0n) is 13.9. The lowest BCUT2D eigenvalue weighted by Crippen LogP contribution is -2.14. The van der Waals surface area contributed by atoms with Crippen molar-refractivity contribution in [2.45, 2.75) is 25.7 Å². The molecule has 0 spiro atoms. The third-order valence-electron chi connectivity index (χ3n) is 3.73. The smallest absolute Gasteiger partial charge is 0.262 e. The van der Waals surface area contributed by atoms with Gasteiger partial charge in [0.2, 0.25) is 0 Å². The second-order valence-corrected chi connectivity index (χ2v) is 7.03. The summed E-state index contributed by atoms with van der Waals surface area (Å²) in [6, 6.07) is 8.55. The van der Waals surface area contributed by atoms with Gasteiger partial charge in [-0.15, -0.1) is 0 Å². The van der Waals surface area contributed by atoms with Gasteiger partial charge in [0.1, 0.15) is 0 Å². The molecule has 0 heterocycles. The summed E-state index contributed by atoms with van der Waals surface area (Å²) in [6.45, 7) is 5.64. The molecular formula is C17H21NO4S. The van der Waals surface area contributed by atoms with Crippen LogP contribution in [0.3, 0.4) is 0 Å². The van der Waals surface area contributed by atoms with Crippen molar-refractivity contribution in [2.24, 2.45) is 0 Å². The van der Waals surface area contributed by atoms with Crippen LogP contribution in [0.2, 0.25) is 0 Å². The molecule has 2 rings (SSSR count). The van der Waals surface area contributed by atoms with E-state index in [2.05, 4.69) is 4.72 Å². The largest absolute Gasteiger partial charge is 0.493 e. The summed E-state index contributed by atoms with van der Waals surface area (Å²) in [4.78, 5) is 0.161. The van der Waals surface area contributed by atoms with Gasteiger partial charge in [0.05, 0.1) is 19.1 Å². The Morgan fingerprint density at radius 1 is 0.826 bits per heavy atom. The number of hydrogen-bond acceptors (Lipinski definition) is 4. The number of sulfonamides is 1. The first-order valence-corrected chi connectivity index (χ1v) is 8.59. The molecule has 0 aliphatic carbocycles. The molecule has 0 aliphatic rings. The molecule has 2 aromatic rings. The molecule has 23 heavy (non-hydrogen) atoms. The van der Waals surface area contributed by atoms with Crippen molar-refractivity contribution in [3.8, 4) is 11.5 Å². The normalized spacial score (nSPS) is 11.2. The molecule has 0 amide bonds. The average molecular weight is 335 g/mol. The average Bonchev–Trinajstić information content (AvgIpc) is 2.50. The molecule has 0 atom stereocenters. The predicted octanol–water partition coefficient (Wildman–Crippen LogP) is 3.43. The third kappa shape index (κ3) is 3.59. The molecule has 0 bridgehead atoms. The van der Waals surface area contributed by atoms with E-state index in [4.69, 9.17) is 9.47 Å². The highest BCUT2D eigenvalue weighted by Gasteiger charge is 2.20. The topological polar surface area (TPSA) is 64.6 Å². The lowest BCUT2D eigenvalue weighted by atomic mass is 10.1. The van der Waals surface area contributed by atoms with Gasteiger partial charge in [-0.25, -0.2) is 8.42 Å². The van der Waals surface area contributed by atoms with E-state index >= 15 is 0 Å². The summed E-state index contributed by atoms with van der Waals surface area (Å²) >= 11 is 0.